The van der Waals surface area contributed by atoms with Crippen LogP contribution in [0.1, 0.15) is 24.8 Å². The van der Waals surface area contributed by atoms with Gasteiger partial charge in [-0.05, 0) is 28.8 Å². The van der Waals surface area contributed by atoms with Crippen molar-refractivity contribution in [3.8, 4) is 0 Å². The second kappa shape index (κ2) is 7.96. The number of benzene rings is 1. The molecule has 0 aliphatic carbocycles. The first kappa shape index (κ1) is 17.2. The van der Waals surface area contributed by atoms with Crippen LogP contribution in [0.4, 0.5) is 0 Å². The van der Waals surface area contributed by atoms with Gasteiger partial charge < -0.3 is 4.74 Å². The zero-order valence-electron chi connectivity index (χ0n) is 14.3. The molecule has 2 aromatic rings. The summed E-state index contributed by atoms with van der Waals surface area (Å²) in [5, 5.41) is 18.4. The fraction of sp³-hybridized carbons (Fsp3) is 0.471. The van der Waals surface area contributed by atoms with Gasteiger partial charge in [0.25, 0.3) is 5.91 Å². The van der Waals surface area contributed by atoms with Crippen LogP contribution in [0.3, 0.4) is 0 Å². The van der Waals surface area contributed by atoms with Crippen molar-refractivity contribution in [2.75, 3.05) is 18.9 Å². The molecule has 0 spiro atoms. The van der Waals surface area contributed by atoms with Gasteiger partial charge in [0, 0.05) is 13.0 Å². The van der Waals surface area contributed by atoms with E-state index in [-0.39, 0.29) is 17.8 Å². The molecule has 2 aliphatic heterocycles. The minimum absolute atomic E-state index is 0.0346. The fourth-order valence-corrected chi connectivity index (χ4v) is 3.82. The van der Waals surface area contributed by atoms with E-state index in [0.717, 1.165) is 37.1 Å². The summed E-state index contributed by atoms with van der Waals surface area (Å²) in [5.41, 5.74) is 2.02. The quantitative estimate of drug-likeness (QED) is 0.716. The van der Waals surface area contributed by atoms with E-state index in [1.807, 2.05) is 30.3 Å². The van der Waals surface area contributed by atoms with Crippen LogP contribution >= 0.6 is 11.8 Å². The van der Waals surface area contributed by atoms with Gasteiger partial charge in [-0.3, -0.25) is 4.79 Å². The Morgan fingerprint density at radius 2 is 2.19 bits per heavy atom. The molecule has 1 fully saturated rings. The fourth-order valence-electron chi connectivity index (χ4n) is 3.07. The molecule has 4 rings (SSSR count). The van der Waals surface area contributed by atoms with Crippen molar-refractivity contribution < 1.29 is 9.53 Å². The highest BCUT2D eigenvalue weighted by atomic mass is 32.2. The summed E-state index contributed by atoms with van der Waals surface area (Å²) >= 11 is 1.34. The van der Waals surface area contributed by atoms with Crippen molar-refractivity contribution in [3.05, 3.63) is 35.9 Å². The third-order valence-corrected chi connectivity index (χ3v) is 5.36. The van der Waals surface area contributed by atoms with Gasteiger partial charge in [-0.15, -0.1) is 5.10 Å². The normalized spacial score (nSPS) is 19.8. The van der Waals surface area contributed by atoms with Gasteiger partial charge >= 0.3 is 0 Å². The molecule has 9 heteroatoms. The summed E-state index contributed by atoms with van der Waals surface area (Å²) in [7, 11) is 0. The Balaban J connectivity index is 1.33. The number of hydrogen-bond acceptors (Lipinski definition) is 7. The lowest BCUT2D eigenvalue weighted by Crippen LogP contribution is -2.25. The Morgan fingerprint density at radius 1 is 1.31 bits per heavy atom. The van der Waals surface area contributed by atoms with Gasteiger partial charge in [-0.25, -0.2) is 9.69 Å². The molecule has 1 aromatic heterocycles. The zero-order chi connectivity index (χ0) is 17.8. The average Bonchev–Trinajstić information content (AvgIpc) is 3.43. The molecule has 0 bridgehead atoms. The Hall–Kier alpha value is -2.26. The van der Waals surface area contributed by atoms with Crippen LogP contribution in [0.25, 0.3) is 0 Å². The van der Waals surface area contributed by atoms with Gasteiger partial charge in [-0.2, -0.15) is 5.10 Å². The summed E-state index contributed by atoms with van der Waals surface area (Å²) in [6, 6.07) is 9.96. The van der Waals surface area contributed by atoms with Gasteiger partial charge in [0.05, 0.1) is 30.7 Å². The molecule has 1 unspecified atom stereocenters. The van der Waals surface area contributed by atoms with Crippen molar-refractivity contribution in [1.82, 2.24) is 25.2 Å². The molecular weight excluding hydrogens is 352 g/mol. The van der Waals surface area contributed by atoms with E-state index in [9.17, 15) is 4.79 Å². The van der Waals surface area contributed by atoms with Crippen molar-refractivity contribution in [2.45, 2.75) is 37.1 Å². The first-order valence-corrected chi connectivity index (χ1v) is 9.72. The van der Waals surface area contributed by atoms with Gasteiger partial charge in [0.1, 0.15) is 0 Å². The number of nitrogens with zero attached hydrogens (tertiary/aromatic N) is 6. The summed E-state index contributed by atoms with van der Waals surface area (Å²) in [5.74, 6) is 0.227. The number of tetrazole rings is 1. The Labute approximate surface area is 155 Å². The van der Waals surface area contributed by atoms with Crippen LogP contribution in [0, 0.1) is 0 Å². The van der Waals surface area contributed by atoms with Gasteiger partial charge in [-0.1, -0.05) is 42.1 Å². The SMILES string of the molecule is O=C(CSc1nnnn1CC1CCCO1)N1CCC(c2ccccc2)=N1. The molecule has 1 amide bonds. The van der Waals surface area contributed by atoms with Crippen molar-refractivity contribution >= 4 is 23.4 Å². The largest absolute Gasteiger partial charge is 0.376 e. The van der Waals surface area contributed by atoms with Crippen LogP contribution in [-0.4, -0.2) is 61.8 Å². The molecule has 136 valence electrons. The van der Waals surface area contributed by atoms with Crippen LogP contribution in [0.15, 0.2) is 40.6 Å². The predicted molar refractivity (Wildman–Crippen MR) is 96.8 cm³/mol. The van der Waals surface area contributed by atoms with Crippen molar-refractivity contribution in [3.63, 3.8) is 0 Å². The minimum Gasteiger partial charge on any atom is -0.376 e. The third-order valence-electron chi connectivity index (χ3n) is 4.42. The third kappa shape index (κ3) is 3.94. The predicted octanol–water partition coefficient (Wildman–Crippen LogP) is 1.58. The molecule has 1 saturated heterocycles. The van der Waals surface area contributed by atoms with E-state index in [0.29, 0.717) is 18.2 Å². The second-order valence-corrected chi connectivity index (χ2v) is 7.19. The summed E-state index contributed by atoms with van der Waals surface area (Å²) in [6.07, 6.45) is 3.03. The van der Waals surface area contributed by atoms with Crippen LogP contribution in [0.2, 0.25) is 0 Å². The van der Waals surface area contributed by atoms with Crippen molar-refractivity contribution in [2.24, 2.45) is 5.10 Å². The van der Waals surface area contributed by atoms with Crippen LogP contribution < -0.4 is 0 Å². The number of thioether (sulfide) groups is 1. The Bertz CT molecular complexity index is 788. The van der Waals surface area contributed by atoms with Crippen molar-refractivity contribution in [1.29, 1.82) is 0 Å². The van der Waals surface area contributed by atoms with E-state index in [1.165, 1.54) is 11.8 Å². The molecule has 3 heterocycles. The number of carbonyl (C=O) groups is 1. The smallest absolute Gasteiger partial charge is 0.253 e. The van der Waals surface area contributed by atoms with Crippen LogP contribution in [-0.2, 0) is 16.1 Å². The van der Waals surface area contributed by atoms with E-state index < -0.39 is 0 Å². The number of carbonyl (C=O) groups excluding carboxylic acids is 1. The molecule has 0 N–H and O–H groups in total. The summed E-state index contributed by atoms with van der Waals surface area (Å²) in [6.45, 7) is 2.04. The molecule has 8 nitrogen and oxygen atoms in total. The zero-order valence-corrected chi connectivity index (χ0v) is 15.1. The second-order valence-electron chi connectivity index (χ2n) is 6.25. The minimum atomic E-state index is -0.0346. The van der Waals surface area contributed by atoms with Crippen LogP contribution in [0.5, 0.6) is 0 Å². The molecular formula is C17H20N6O2S. The maximum absolute atomic E-state index is 12.5. The van der Waals surface area contributed by atoms with E-state index in [2.05, 4.69) is 20.6 Å². The first-order valence-electron chi connectivity index (χ1n) is 8.73. The Kier molecular flexibility index (Phi) is 5.26. The standard InChI is InChI=1S/C17H20N6O2S/c24-16(22-9-8-15(19-22)13-5-2-1-3-6-13)12-26-17-18-20-21-23(17)11-14-7-4-10-25-14/h1-3,5-6,14H,4,7-12H2. The van der Waals surface area contributed by atoms with E-state index in [1.54, 1.807) is 9.69 Å². The number of hydrazone groups is 1. The maximum atomic E-state index is 12.5. The summed E-state index contributed by atoms with van der Waals surface area (Å²) < 4.78 is 7.34. The topological polar surface area (TPSA) is 85.5 Å². The average molecular weight is 372 g/mol. The highest BCUT2D eigenvalue weighted by molar-refractivity contribution is 7.99. The molecule has 0 radical (unpaired) electrons. The number of amides is 1. The van der Waals surface area contributed by atoms with E-state index in [4.69, 9.17) is 4.74 Å². The number of aromatic nitrogens is 4. The molecule has 26 heavy (non-hydrogen) atoms. The molecule has 0 saturated carbocycles. The number of rotatable bonds is 6. The van der Waals surface area contributed by atoms with E-state index >= 15 is 0 Å². The lowest BCUT2D eigenvalue weighted by Gasteiger charge is -2.12. The highest BCUT2D eigenvalue weighted by Crippen LogP contribution is 2.20. The Morgan fingerprint density at radius 3 is 3.00 bits per heavy atom. The molecule has 1 atom stereocenters. The van der Waals surface area contributed by atoms with Gasteiger partial charge in [0.2, 0.25) is 5.16 Å². The number of hydrogen-bond donors (Lipinski definition) is 0. The number of ether oxygens (including phenoxy) is 1. The summed E-state index contributed by atoms with van der Waals surface area (Å²) in [4.78, 5) is 12.5. The lowest BCUT2D eigenvalue weighted by atomic mass is 10.1. The van der Waals surface area contributed by atoms with Gasteiger partial charge in [0.15, 0.2) is 0 Å². The molecule has 1 aromatic carbocycles. The maximum Gasteiger partial charge on any atom is 0.253 e. The highest BCUT2D eigenvalue weighted by Gasteiger charge is 2.23. The molecule has 2 aliphatic rings. The lowest BCUT2D eigenvalue weighted by molar-refractivity contribution is -0.127. The first-order chi connectivity index (χ1) is 12.8. The monoisotopic (exact) mass is 372 g/mol.